The van der Waals surface area contributed by atoms with E-state index in [1.165, 1.54) is 75.2 Å². The molecule has 0 aliphatic heterocycles. The van der Waals surface area contributed by atoms with E-state index in [1.54, 1.807) is 0 Å². The maximum Gasteiger partial charge on any atom is 0.338 e. The minimum absolute atomic E-state index is 0.0231. The second-order valence-corrected chi connectivity index (χ2v) is 13.8. The Labute approximate surface area is 231 Å². The largest absolute Gasteiger partial charge is 0.495 e. The van der Waals surface area contributed by atoms with Crippen LogP contribution in [0.1, 0.15) is 61.4 Å². The smallest absolute Gasteiger partial charge is 0.338 e. The molecule has 6 rings (SSSR count). The van der Waals surface area contributed by atoms with Crippen molar-refractivity contribution in [2.45, 2.75) is 62.9 Å². The molecule has 4 fully saturated rings. The fourth-order valence-electron chi connectivity index (χ4n) is 7.46. The Balaban J connectivity index is 1.22. The topological polar surface area (TPSA) is 102 Å². The molecule has 4 aliphatic carbocycles. The fourth-order valence-corrected chi connectivity index (χ4v) is 8.79. The number of methoxy groups -OCH3 is 1. The molecular formula is C30H38N2O6S. The van der Waals surface area contributed by atoms with Gasteiger partial charge in [0.2, 0.25) is 10.0 Å². The average Bonchev–Trinajstić information content (AvgIpc) is 2.91. The minimum Gasteiger partial charge on any atom is -0.495 e. The highest BCUT2D eigenvalue weighted by Crippen LogP contribution is 2.61. The molecule has 4 bridgehead atoms. The highest BCUT2D eigenvalue weighted by Gasteiger charge is 2.53. The van der Waals surface area contributed by atoms with Crippen molar-refractivity contribution in [3.8, 4) is 5.75 Å². The van der Waals surface area contributed by atoms with Crippen LogP contribution < -0.4 is 10.1 Å². The quantitative estimate of drug-likeness (QED) is 0.437. The second kappa shape index (κ2) is 10.9. The van der Waals surface area contributed by atoms with Crippen molar-refractivity contribution in [3.05, 3.63) is 59.7 Å². The standard InChI is InChI=1S/C30H38N2O6S/c1-20(30-15-22-11-23(16-30)13-24(12-22)17-30)31-28(33)19-38-29(34)25-9-10-26(37-3)27(14-25)39(35,36)32(2)18-21-7-5-4-6-8-21/h4-10,14,20,22-24H,11-13,15-19H2,1-3H3,(H,31,33). The first-order chi connectivity index (χ1) is 18.6. The van der Waals surface area contributed by atoms with Crippen LogP contribution in [0, 0.1) is 23.2 Å². The summed E-state index contributed by atoms with van der Waals surface area (Å²) in [6.07, 6.45) is 7.50. The molecule has 4 saturated carbocycles. The monoisotopic (exact) mass is 554 g/mol. The maximum atomic E-state index is 13.4. The van der Waals surface area contributed by atoms with Crippen LogP contribution in [0.4, 0.5) is 0 Å². The first kappa shape index (κ1) is 27.6. The fraction of sp³-hybridized carbons (Fsp3) is 0.533. The van der Waals surface area contributed by atoms with E-state index in [9.17, 15) is 18.0 Å². The molecule has 9 heteroatoms. The lowest BCUT2D eigenvalue weighted by molar-refractivity contribution is -0.128. The summed E-state index contributed by atoms with van der Waals surface area (Å²) in [5, 5.41) is 3.10. The second-order valence-electron chi connectivity index (χ2n) is 11.8. The van der Waals surface area contributed by atoms with Crippen LogP contribution >= 0.6 is 0 Å². The van der Waals surface area contributed by atoms with Gasteiger partial charge in [-0.3, -0.25) is 4.79 Å². The van der Waals surface area contributed by atoms with Crippen molar-refractivity contribution in [2.24, 2.45) is 23.2 Å². The normalized spacial score (nSPS) is 26.3. The van der Waals surface area contributed by atoms with E-state index >= 15 is 0 Å². The minimum atomic E-state index is -3.98. The van der Waals surface area contributed by atoms with Gasteiger partial charge in [-0.25, -0.2) is 13.2 Å². The Morgan fingerprint density at radius 1 is 1.03 bits per heavy atom. The third-order valence-electron chi connectivity index (χ3n) is 9.05. The van der Waals surface area contributed by atoms with Gasteiger partial charge in [0.1, 0.15) is 10.6 Å². The summed E-state index contributed by atoms with van der Waals surface area (Å²) in [5.41, 5.74) is 1.01. The van der Waals surface area contributed by atoms with Crippen LogP contribution in [0.5, 0.6) is 5.75 Å². The van der Waals surface area contributed by atoms with Crippen LogP contribution in [0.25, 0.3) is 0 Å². The zero-order valence-electron chi connectivity index (χ0n) is 22.9. The van der Waals surface area contributed by atoms with Crippen molar-refractivity contribution in [1.29, 1.82) is 0 Å². The van der Waals surface area contributed by atoms with E-state index < -0.39 is 22.6 Å². The molecular weight excluding hydrogens is 516 g/mol. The van der Waals surface area contributed by atoms with E-state index in [-0.39, 0.29) is 40.1 Å². The summed E-state index contributed by atoms with van der Waals surface area (Å²) < 4.78 is 38.5. The third kappa shape index (κ3) is 5.70. The van der Waals surface area contributed by atoms with Gasteiger partial charge >= 0.3 is 5.97 Å². The Morgan fingerprint density at radius 2 is 1.64 bits per heavy atom. The maximum absolute atomic E-state index is 13.4. The molecule has 2 aromatic rings. The summed E-state index contributed by atoms with van der Waals surface area (Å²) >= 11 is 0. The molecule has 1 N–H and O–H groups in total. The number of carbonyl (C=O) groups is 2. The number of amides is 1. The molecule has 1 atom stereocenters. The van der Waals surface area contributed by atoms with Crippen LogP contribution in [0.3, 0.4) is 0 Å². The number of benzene rings is 2. The van der Waals surface area contributed by atoms with Crippen molar-refractivity contribution in [1.82, 2.24) is 9.62 Å². The predicted molar refractivity (Wildman–Crippen MR) is 147 cm³/mol. The molecule has 210 valence electrons. The summed E-state index contributed by atoms with van der Waals surface area (Å²) in [5.74, 6) is 1.35. The van der Waals surface area contributed by atoms with E-state index in [0.29, 0.717) is 0 Å². The molecule has 0 saturated heterocycles. The first-order valence-corrected chi connectivity index (χ1v) is 15.2. The zero-order chi connectivity index (χ0) is 27.8. The van der Waals surface area contributed by atoms with Crippen LogP contribution in [-0.4, -0.2) is 51.4 Å². The molecule has 4 aliphatic rings. The number of nitrogens with zero attached hydrogens (tertiary/aromatic N) is 1. The Kier molecular flexibility index (Phi) is 7.75. The summed E-state index contributed by atoms with van der Waals surface area (Å²) in [6, 6.07) is 13.4. The number of sulfonamides is 1. The SMILES string of the molecule is COc1ccc(C(=O)OCC(=O)NC(C)C23CC4CC(CC(C4)C2)C3)cc1S(=O)(=O)N(C)Cc1ccccc1. The Bertz CT molecular complexity index is 1290. The predicted octanol–water partition coefficient (Wildman–Crippen LogP) is 4.39. The highest BCUT2D eigenvalue weighted by atomic mass is 32.2. The van der Waals surface area contributed by atoms with Gasteiger partial charge in [0, 0.05) is 19.6 Å². The lowest BCUT2D eigenvalue weighted by atomic mass is 9.48. The highest BCUT2D eigenvalue weighted by molar-refractivity contribution is 7.89. The van der Waals surface area contributed by atoms with Gasteiger partial charge in [-0.05, 0) is 92.4 Å². The summed E-state index contributed by atoms with van der Waals surface area (Å²) in [6.45, 7) is 1.82. The Morgan fingerprint density at radius 3 is 2.23 bits per heavy atom. The third-order valence-corrected chi connectivity index (χ3v) is 10.9. The van der Waals surface area contributed by atoms with Crippen molar-refractivity contribution in [2.75, 3.05) is 20.8 Å². The van der Waals surface area contributed by atoms with Gasteiger partial charge in [0.15, 0.2) is 6.61 Å². The van der Waals surface area contributed by atoms with E-state index in [2.05, 4.69) is 12.2 Å². The van der Waals surface area contributed by atoms with E-state index in [0.717, 1.165) is 23.3 Å². The number of carbonyl (C=O) groups excluding carboxylic acids is 2. The van der Waals surface area contributed by atoms with Gasteiger partial charge in [-0.1, -0.05) is 30.3 Å². The number of ether oxygens (including phenoxy) is 2. The molecule has 1 unspecified atom stereocenters. The molecule has 39 heavy (non-hydrogen) atoms. The Hall–Kier alpha value is -2.91. The number of hydrogen-bond donors (Lipinski definition) is 1. The molecule has 0 aromatic heterocycles. The van der Waals surface area contributed by atoms with E-state index in [1.807, 2.05) is 30.3 Å². The van der Waals surface area contributed by atoms with Gasteiger partial charge in [0.25, 0.3) is 5.91 Å². The van der Waals surface area contributed by atoms with Crippen molar-refractivity contribution >= 4 is 21.9 Å². The van der Waals surface area contributed by atoms with Crippen LogP contribution in [0.15, 0.2) is 53.4 Å². The summed E-state index contributed by atoms with van der Waals surface area (Å²) in [4.78, 5) is 25.5. The van der Waals surface area contributed by atoms with Gasteiger partial charge in [0.05, 0.1) is 12.7 Å². The summed E-state index contributed by atoms with van der Waals surface area (Å²) in [7, 11) is -1.14. The molecule has 0 radical (unpaired) electrons. The molecule has 2 aromatic carbocycles. The first-order valence-electron chi connectivity index (χ1n) is 13.7. The number of rotatable bonds is 10. The van der Waals surface area contributed by atoms with Crippen molar-refractivity contribution < 1.29 is 27.5 Å². The molecule has 0 heterocycles. The van der Waals surface area contributed by atoms with Crippen LogP contribution in [-0.2, 0) is 26.1 Å². The van der Waals surface area contributed by atoms with E-state index in [4.69, 9.17) is 9.47 Å². The van der Waals surface area contributed by atoms with Gasteiger partial charge < -0.3 is 14.8 Å². The molecule has 0 spiro atoms. The van der Waals surface area contributed by atoms with Gasteiger partial charge in [-0.2, -0.15) is 4.31 Å². The van der Waals surface area contributed by atoms with Gasteiger partial charge in [-0.15, -0.1) is 0 Å². The zero-order valence-corrected chi connectivity index (χ0v) is 23.7. The average molecular weight is 555 g/mol. The molecule has 1 amide bonds. The number of nitrogens with one attached hydrogen (secondary N) is 1. The molecule has 8 nitrogen and oxygen atoms in total. The number of hydrogen-bond acceptors (Lipinski definition) is 6. The number of esters is 1. The van der Waals surface area contributed by atoms with Crippen molar-refractivity contribution in [3.63, 3.8) is 0 Å². The van der Waals surface area contributed by atoms with Crippen LogP contribution in [0.2, 0.25) is 0 Å². The lowest BCUT2D eigenvalue weighted by Gasteiger charge is -2.59. The lowest BCUT2D eigenvalue weighted by Crippen LogP contribution is -2.56.